The van der Waals surface area contributed by atoms with Crippen LogP contribution in [0.4, 0.5) is 0 Å². The van der Waals surface area contributed by atoms with Gasteiger partial charge in [-0.3, -0.25) is 13.9 Å². The van der Waals surface area contributed by atoms with E-state index in [9.17, 15) is 4.79 Å². The van der Waals surface area contributed by atoms with E-state index in [2.05, 4.69) is 23.9 Å². The molecule has 158 valence electrons. The Hall–Kier alpha value is 0.0400. The van der Waals surface area contributed by atoms with Crippen molar-refractivity contribution in [1.82, 2.24) is 0 Å². The van der Waals surface area contributed by atoms with Crippen molar-refractivity contribution in [3.63, 3.8) is 0 Å². The first kappa shape index (κ1) is 31.7. The summed E-state index contributed by atoms with van der Waals surface area (Å²) in [5.74, 6) is 4.48. The fourth-order valence-corrected chi connectivity index (χ4v) is 2.40. The first-order valence-corrected chi connectivity index (χ1v) is 10.9. The third kappa shape index (κ3) is 41.5. The summed E-state index contributed by atoms with van der Waals surface area (Å²) in [5.41, 5.74) is 0. The van der Waals surface area contributed by atoms with Crippen LogP contribution in [0, 0.1) is 0 Å². The second kappa shape index (κ2) is 24.1. The van der Waals surface area contributed by atoms with Crippen LogP contribution in [0.15, 0.2) is 12.2 Å². The van der Waals surface area contributed by atoms with Crippen molar-refractivity contribution < 1.29 is 27.2 Å². The predicted octanol–water partition coefficient (Wildman–Crippen LogP) is 4.14. The molecule has 0 aromatic carbocycles. The van der Waals surface area contributed by atoms with E-state index in [4.69, 9.17) is 23.4 Å². The number of allylic oxidation sites excluding steroid dienone is 2. The summed E-state index contributed by atoms with van der Waals surface area (Å²) < 4.78 is 31.6. The molecule has 0 aliphatic rings. The Labute approximate surface area is 187 Å². The first-order chi connectivity index (χ1) is 12.3. The Morgan fingerprint density at radius 2 is 1.22 bits per heavy atom. The van der Waals surface area contributed by atoms with E-state index in [0.29, 0.717) is 6.42 Å². The molecule has 4 N–H and O–H groups in total. The second-order valence-corrected chi connectivity index (χ2v) is 7.17. The van der Waals surface area contributed by atoms with Crippen LogP contribution >= 0.6 is 0 Å². The van der Waals surface area contributed by atoms with Crippen LogP contribution in [-0.4, -0.2) is 53.0 Å². The van der Waals surface area contributed by atoms with Gasteiger partial charge in [-0.1, -0.05) is 70.4 Å². The SMILES string of the molecule is CCCCCCCC/C=C\CCCCCCCC(=O)ON.O=S(=O)(O)O.[NaH]. The van der Waals surface area contributed by atoms with Crippen molar-refractivity contribution in [3.8, 4) is 0 Å². The average molecular weight is 420 g/mol. The summed E-state index contributed by atoms with van der Waals surface area (Å²) >= 11 is 0. The van der Waals surface area contributed by atoms with Crippen molar-refractivity contribution >= 4 is 45.9 Å². The fraction of sp³-hybridized carbons (Fsp3) is 0.833. The molecular formula is C18H38NNaO6S. The topological polar surface area (TPSA) is 127 Å². The minimum atomic E-state index is -4.67. The quantitative estimate of drug-likeness (QED) is 0.120. The van der Waals surface area contributed by atoms with Gasteiger partial charge in [-0.2, -0.15) is 14.3 Å². The van der Waals surface area contributed by atoms with Crippen LogP contribution in [-0.2, 0) is 20.0 Å². The Kier molecular flexibility index (Phi) is 28.3. The van der Waals surface area contributed by atoms with Gasteiger partial charge in [0.05, 0.1) is 0 Å². The summed E-state index contributed by atoms with van der Waals surface area (Å²) in [6, 6.07) is 0. The Morgan fingerprint density at radius 3 is 1.63 bits per heavy atom. The van der Waals surface area contributed by atoms with E-state index in [-0.39, 0.29) is 35.5 Å². The molecule has 0 unspecified atom stereocenters. The van der Waals surface area contributed by atoms with Gasteiger partial charge in [0.15, 0.2) is 0 Å². The molecule has 0 bridgehead atoms. The third-order valence-electron chi connectivity index (χ3n) is 3.77. The molecule has 0 atom stereocenters. The van der Waals surface area contributed by atoms with Gasteiger partial charge in [0.1, 0.15) is 0 Å². The fourth-order valence-electron chi connectivity index (χ4n) is 2.40. The van der Waals surface area contributed by atoms with Gasteiger partial charge in [-0.15, -0.1) is 0 Å². The summed E-state index contributed by atoms with van der Waals surface area (Å²) in [7, 11) is -4.67. The Morgan fingerprint density at radius 1 is 0.852 bits per heavy atom. The number of nitrogens with two attached hydrogens (primary N) is 1. The van der Waals surface area contributed by atoms with Crippen LogP contribution in [0.25, 0.3) is 0 Å². The molecule has 27 heavy (non-hydrogen) atoms. The van der Waals surface area contributed by atoms with Crippen LogP contribution < -0.4 is 5.90 Å². The molecule has 0 amide bonds. The number of rotatable bonds is 15. The number of hydrogen-bond acceptors (Lipinski definition) is 5. The summed E-state index contributed by atoms with van der Waals surface area (Å²) in [4.78, 5) is 14.9. The van der Waals surface area contributed by atoms with E-state index in [1.165, 1.54) is 70.6 Å². The van der Waals surface area contributed by atoms with Gasteiger partial charge in [-0.05, 0) is 32.1 Å². The van der Waals surface area contributed by atoms with E-state index >= 15 is 0 Å². The van der Waals surface area contributed by atoms with Crippen molar-refractivity contribution in [1.29, 1.82) is 0 Å². The molecule has 0 fully saturated rings. The van der Waals surface area contributed by atoms with E-state index in [0.717, 1.165) is 12.8 Å². The maximum absolute atomic E-state index is 10.8. The molecular weight excluding hydrogens is 381 g/mol. The van der Waals surface area contributed by atoms with Gasteiger partial charge in [0, 0.05) is 6.42 Å². The van der Waals surface area contributed by atoms with E-state index in [1.54, 1.807) is 0 Å². The Balaban J connectivity index is -0.000000844. The normalized spacial score (nSPS) is 10.8. The number of carbonyl (C=O) groups excluding carboxylic acids is 1. The second-order valence-electron chi connectivity index (χ2n) is 6.27. The minimum absolute atomic E-state index is 0. The van der Waals surface area contributed by atoms with E-state index < -0.39 is 10.4 Å². The van der Waals surface area contributed by atoms with Gasteiger partial charge < -0.3 is 4.84 Å². The zero-order valence-corrected chi connectivity index (χ0v) is 16.9. The molecule has 0 rings (SSSR count). The molecule has 0 aliphatic heterocycles. The molecule has 0 aromatic rings. The standard InChI is InChI=1S/C18H35NO2.Na.H2O4S.H/c1-2-3-4-5-6-7-8-9-10-11-12-13-14-15-16-17-18(20)21-19;;1-5(2,3)4;/h9-10H,2-8,11-17,19H2,1H3;;(H2,1,2,3,4);/b10-9-;;;. The molecule has 0 heterocycles. The summed E-state index contributed by atoms with van der Waals surface area (Å²) in [6.45, 7) is 2.26. The van der Waals surface area contributed by atoms with E-state index in [1.807, 2.05) is 0 Å². The molecule has 7 nitrogen and oxygen atoms in total. The number of carbonyl (C=O) groups is 1. The third-order valence-corrected chi connectivity index (χ3v) is 3.77. The van der Waals surface area contributed by atoms with Gasteiger partial charge >= 0.3 is 45.9 Å². The zero-order chi connectivity index (χ0) is 20.1. The zero-order valence-electron chi connectivity index (χ0n) is 16.1. The van der Waals surface area contributed by atoms with Crippen LogP contribution in [0.5, 0.6) is 0 Å². The van der Waals surface area contributed by atoms with Gasteiger partial charge in [0.25, 0.3) is 0 Å². The van der Waals surface area contributed by atoms with Gasteiger partial charge in [0.2, 0.25) is 0 Å². The maximum atomic E-state index is 10.8. The van der Waals surface area contributed by atoms with Gasteiger partial charge in [-0.25, -0.2) is 0 Å². The molecule has 0 spiro atoms. The predicted molar refractivity (Wildman–Crippen MR) is 111 cm³/mol. The molecule has 0 saturated carbocycles. The monoisotopic (exact) mass is 419 g/mol. The molecule has 9 heteroatoms. The molecule has 0 aromatic heterocycles. The number of hydrogen-bond donors (Lipinski definition) is 3. The first-order valence-electron chi connectivity index (χ1n) is 9.55. The Bertz CT molecular complexity index is 435. The average Bonchev–Trinajstić information content (AvgIpc) is 2.56. The van der Waals surface area contributed by atoms with Crippen LogP contribution in [0.2, 0.25) is 0 Å². The van der Waals surface area contributed by atoms with Crippen molar-refractivity contribution in [2.45, 2.75) is 96.8 Å². The van der Waals surface area contributed by atoms with Crippen molar-refractivity contribution in [2.75, 3.05) is 0 Å². The van der Waals surface area contributed by atoms with Crippen molar-refractivity contribution in [3.05, 3.63) is 12.2 Å². The molecule has 0 aliphatic carbocycles. The van der Waals surface area contributed by atoms with Crippen LogP contribution in [0.1, 0.15) is 96.8 Å². The van der Waals surface area contributed by atoms with Crippen molar-refractivity contribution in [2.24, 2.45) is 5.90 Å². The van der Waals surface area contributed by atoms with Crippen LogP contribution in [0.3, 0.4) is 0 Å². The molecule has 0 radical (unpaired) electrons. The number of unbranched alkanes of at least 4 members (excludes halogenated alkanes) is 11. The molecule has 0 saturated heterocycles. The summed E-state index contributed by atoms with van der Waals surface area (Å²) in [5, 5.41) is 0. The summed E-state index contributed by atoms with van der Waals surface area (Å²) in [6.07, 6.45) is 21.5.